The highest BCUT2D eigenvalue weighted by Gasteiger charge is 2.12. The van der Waals surface area contributed by atoms with E-state index in [0.717, 1.165) is 16.8 Å². The van der Waals surface area contributed by atoms with Gasteiger partial charge in [0.15, 0.2) is 5.82 Å². The van der Waals surface area contributed by atoms with E-state index in [2.05, 4.69) is 21.6 Å². The van der Waals surface area contributed by atoms with E-state index in [0.29, 0.717) is 17.1 Å². The largest absolute Gasteiger partial charge is 0.491 e. The monoisotopic (exact) mass is 312 g/mol. The van der Waals surface area contributed by atoms with E-state index in [1.807, 2.05) is 38.1 Å². The van der Waals surface area contributed by atoms with Crippen LogP contribution in [0.5, 0.6) is 5.75 Å². The summed E-state index contributed by atoms with van der Waals surface area (Å²) in [4.78, 5) is 0. The van der Waals surface area contributed by atoms with Crippen LogP contribution in [0.2, 0.25) is 0 Å². The van der Waals surface area contributed by atoms with Crippen molar-refractivity contribution < 1.29 is 9.84 Å². The van der Waals surface area contributed by atoms with Gasteiger partial charge in [0.1, 0.15) is 30.1 Å². The van der Waals surface area contributed by atoms with Gasteiger partial charge in [-0.15, -0.1) is 5.10 Å². The third kappa shape index (κ3) is 4.41. The fourth-order valence-corrected chi connectivity index (χ4v) is 2.04. The Morgan fingerprint density at radius 2 is 2.09 bits per heavy atom. The Bertz CT molecular complexity index is 725. The van der Waals surface area contributed by atoms with Gasteiger partial charge in [-0.05, 0) is 44.0 Å². The van der Waals surface area contributed by atoms with Gasteiger partial charge in [0, 0.05) is 6.54 Å². The zero-order valence-electron chi connectivity index (χ0n) is 13.5. The fourth-order valence-electron chi connectivity index (χ4n) is 2.04. The zero-order valence-corrected chi connectivity index (χ0v) is 13.5. The van der Waals surface area contributed by atoms with Gasteiger partial charge >= 0.3 is 0 Å². The first-order valence-corrected chi connectivity index (χ1v) is 7.36. The number of rotatable bonds is 6. The van der Waals surface area contributed by atoms with Crippen LogP contribution in [0.25, 0.3) is 0 Å². The first kappa shape index (κ1) is 16.7. The summed E-state index contributed by atoms with van der Waals surface area (Å²) in [5.74, 6) is 1.10. The minimum atomic E-state index is -0.731. The third-order valence-electron chi connectivity index (χ3n) is 3.50. The highest BCUT2D eigenvalue weighted by atomic mass is 16.5. The molecule has 0 fully saturated rings. The smallest absolute Gasteiger partial charge is 0.167 e. The summed E-state index contributed by atoms with van der Waals surface area (Å²) in [6.07, 6.45) is -0.731. The average Bonchev–Trinajstić information content (AvgIpc) is 2.54. The average molecular weight is 312 g/mol. The Morgan fingerprint density at radius 1 is 1.30 bits per heavy atom. The molecule has 0 aliphatic carbocycles. The van der Waals surface area contributed by atoms with Crippen LogP contribution >= 0.6 is 0 Å². The molecule has 2 aromatic rings. The van der Waals surface area contributed by atoms with E-state index in [9.17, 15) is 10.4 Å². The Balaban J connectivity index is 1.91. The number of aliphatic hydroxyl groups is 1. The van der Waals surface area contributed by atoms with Gasteiger partial charge in [0.2, 0.25) is 0 Å². The molecule has 0 saturated heterocycles. The van der Waals surface area contributed by atoms with E-state index >= 15 is 0 Å². The van der Waals surface area contributed by atoms with Crippen molar-refractivity contribution in [2.45, 2.75) is 26.9 Å². The highest BCUT2D eigenvalue weighted by molar-refractivity contribution is 5.55. The maximum Gasteiger partial charge on any atom is 0.167 e. The molecule has 120 valence electrons. The summed E-state index contributed by atoms with van der Waals surface area (Å²) in [5.41, 5.74) is 3.05. The second-order valence-electron chi connectivity index (χ2n) is 5.41. The van der Waals surface area contributed by atoms with Crippen molar-refractivity contribution in [2.24, 2.45) is 0 Å². The predicted octanol–water partition coefficient (Wildman–Crippen LogP) is 2.13. The van der Waals surface area contributed by atoms with Crippen LogP contribution in [0.1, 0.15) is 22.4 Å². The molecule has 1 atom stereocenters. The first-order chi connectivity index (χ1) is 11.0. The second kappa shape index (κ2) is 7.56. The molecule has 0 saturated carbocycles. The molecule has 1 aromatic heterocycles. The molecule has 1 heterocycles. The Kier molecular flexibility index (Phi) is 5.50. The third-order valence-corrected chi connectivity index (χ3v) is 3.50. The Hall–Kier alpha value is -2.65. The number of nitrogens with one attached hydrogen (secondary N) is 1. The number of aryl methyl sites for hydroxylation is 2. The van der Waals surface area contributed by atoms with E-state index in [1.54, 1.807) is 6.92 Å². The zero-order chi connectivity index (χ0) is 16.8. The van der Waals surface area contributed by atoms with E-state index in [1.165, 1.54) is 0 Å². The van der Waals surface area contributed by atoms with Crippen molar-refractivity contribution in [1.29, 1.82) is 5.26 Å². The van der Waals surface area contributed by atoms with Gasteiger partial charge in [-0.3, -0.25) is 0 Å². The summed E-state index contributed by atoms with van der Waals surface area (Å²) in [6, 6.07) is 9.74. The standard InChI is InChI=1S/C17H20N4O2/c1-11-5-4-6-15(7-11)23-10-14(22)9-19-17-16(8-18)12(2)13(3)20-21-17/h4-7,14,22H,9-10H2,1-3H3,(H,19,21)/t14-/m0/s1. The molecule has 0 radical (unpaired) electrons. The first-order valence-electron chi connectivity index (χ1n) is 7.36. The summed E-state index contributed by atoms with van der Waals surface area (Å²) < 4.78 is 5.55. The Labute approximate surface area is 135 Å². The van der Waals surface area contributed by atoms with Gasteiger partial charge in [0.05, 0.1) is 5.69 Å². The molecule has 23 heavy (non-hydrogen) atoms. The van der Waals surface area contributed by atoms with E-state index < -0.39 is 6.10 Å². The lowest BCUT2D eigenvalue weighted by Crippen LogP contribution is -2.27. The molecule has 2 rings (SSSR count). The number of ether oxygens (including phenoxy) is 1. The number of aromatic nitrogens is 2. The van der Waals surface area contributed by atoms with Gasteiger partial charge in [0.25, 0.3) is 0 Å². The van der Waals surface area contributed by atoms with Crippen molar-refractivity contribution in [3.05, 3.63) is 46.6 Å². The molecule has 6 nitrogen and oxygen atoms in total. The summed E-state index contributed by atoms with van der Waals surface area (Å²) in [5, 5.41) is 30.2. The van der Waals surface area contributed by atoms with Crippen molar-refractivity contribution in [3.63, 3.8) is 0 Å². The van der Waals surface area contributed by atoms with Crippen molar-refractivity contribution in [2.75, 3.05) is 18.5 Å². The topological polar surface area (TPSA) is 91.1 Å². The molecule has 0 spiro atoms. The maximum atomic E-state index is 10.0. The molecular weight excluding hydrogens is 292 g/mol. The van der Waals surface area contributed by atoms with Crippen LogP contribution in [-0.4, -0.2) is 34.6 Å². The molecule has 0 bridgehead atoms. The number of hydrogen-bond acceptors (Lipinski definition) is 6. The van der Waals surface area contributed by atoms with Gasteiger partial charge in [-0.1, -0.05) is 12.1 Å². The number of anilines is 1. The minimum absolute atomic E-state index is 0.149. The number of aliphatic hydroxyl groups excluding tert-OH is 1. The van der Waals surface area contributed by atoms with Crippen LogP contribution < -0.4 is 10.1 Å². The number of nitrogens with zero attached hydrogens (tertiary/aromatic N) is 3. The molecule has 0 amide bonds. The fraction of sp³-hybridized carbons (Fsp3) is 0.353. The molecule has 0 aliphatic heterocycles. The molecule has 2 N–H and O–H groups in total. The molecule has 0 aliphatic rings. The van der Waals surface area contributed by atoms with Crippen LogP contribution in [-0.2, 0) is 0 Å². The normalized spacial score (nSPS) is 11.6. The van der Waals surface area contributed by atoms with Gasteiger partial charge in [-0.2, -0.15) is 10.4 Å². The van der Waals surface area contributed by atoms with E-state index in [-0.39, 0.29) is 13.2 Å². The molecule has 6 heteroatoms. The van der Waals surface area contributed by atoms with Gasteiger partial charge in [-0.25, -0.2) is 0 Å². The van der Waals surface area contributed by atoms with Gasteiger partial charge < -0.3 is 15.2 Å². The lowest BCUT2D eigenvalue weighted by molar-refractivity contribution is 0.117. The quantitative estimate of drug-likeness (QED) is 0.849. The van der Waals surface area contributed by atoms with Crippen LogP contribution in [0.4, 0.5) is 5.82 Å². The van der Waals surface area contributed by atoms with Crippen LogP contribution in [0.15, 0.2) is 24.3 Å². The number of nitriles is 1. The summed E-state index contributed by atoms with van der Waals surface area (Å²) in [7, 11) is 0. The second-order valence-corrected chi connectivity index (χ2v) is 5.41. The lowest BCUT2D eigenvalue weighted by Gasteiger charge is -2.15. The van der Waals surface area contributed by atoms with Crippen LogP contribution in [0.3, 0.4) is 0 Å². The Morgan fingerprint density at radius 3 is 2.78 bits per heavy atom. The number of hydrogen-bond donors (Lipinski definition) is 2. The van der Waals surface area contributed by atoms with Crippen LogP contribution in [0, 0.1) is 32.1 Å². The number of benzene rings is 1. The maximum absolute atomic E-state index is 10.0. The SMILES string of the molecule is Cc1cccc(OC[C@@H](O)CNc2nnc(C)c(C)c2C#N)c1. The van der Waals surface area contributed by atoms with E-state index in [4.69, 9.17) is 4.74 Å². The summed E-state index contributed by atoms with van der Waals surface area (Å²) >= 11 is 0. The predicted molar refractivity (Wildman–Crippen MR) is 87.4 cm³/mol. The van der Waals surface area contributed by atoms with Crippen molar-refractivity contribution in [3.8, 4) is 11.8 Å². The molecular formula is C17H20N4O2. The lowest BCUT2D eigenvalue weighted by atomic mass is 10.1. The summed E-state index contributed by atoms with van der Waals surface area (Å²) in [6.45, 7) is 5.98. The minimum Gasteiger partial charge on any atom is -0.491 e. The molecule has 1 aromatic carbocycles. The molecule has 0 unspecified atom stereocenters. The van der Waals surface area contributed by atoms with Crippen molar-refractivity contribution in [1.82, 2.24) is 10.2 Å². The highest BCUT2D eigenvalue weighted by Crippen LogP contribution is 2.17. The van der Waals surface area contributed by atoms with Crippen molar-refractivity contribution >= 4 is 5.82 Å².